The van der Waals surface area contributed by atoms with Gasteiger partial charge in [0.2, 0.25) is 0 Å². The van der Waals surface area contributed by atoms with E-state index < -0.39 is 24.5 Å². The molecule has 4 nitrogen and oxygen atoms in total. The average Bonchev–Trinajstić information content (AvgIpc) is 3.14. The predicted molar refractivity (Wildman–Crippen MR) is 148 cm³/mol. The number of alkyl halides is 6. The fourth-order valence-electron chi connectivity index (χ4n) is 5.68. The van der Waals surface area contributed by atoms with Crippen LogP contribution in [0.15, 0.2) is 64.4 Å². The topological polar surface area (TPSA) is 31.2 Å². The van der Waals surface area contributed by atoms with Crippen LogP contribution in [0.4, 0.5) is 32.0 Å². The number of fused-ring (bicyclic) bond motifs is 2. The Bertz CT molecular complexity index is 1220. The molecule has 4 rings (SSSR count). The molecule has 0 unspecified atom stereocenters. The molecule has 1 saturated heterocycles. The van der Waals surface area contributed by atoms with E-state index in [4.69, 9.17) is 0 Å². The van der Waals surface area contributed by atoms with Crippen molar-refractivity contribution in [2.24, 2.45) is 9.98 Å². The van der Waals surface area contributed by atoms with E-state index in [1.165, 1.54) is 24.6 Å². The zero-order valence-electron chi connectivity index (χ0n) is 23.2. The van der Waals surface area contributed by atoms with Gasteiger partial charge in [-0.1, -0.05) is 45.6 Å². The highest BCUT2D eigenvalue weighted by Crippen LogP contribution is 2.49. The van der Waals surface area contributed by atoms with Crippen molar-refractivity contribution >= 4 is 17.6 Å². The molecule has 0 saturated carbocycles. The zero-order valence-corrected chi connectivity index (χ0v) is 23.2. The summed E-state index contributed by atoms with van der Waals surface area (Å²) in [5.74, 6) is 0. The number of anilines is 1. The van der Waals surface area contributed by atoms with Crippen molar-refractivity contribution in [1.82, 2.24) is 4.90 Å². The first-order chi connectivity index (χ1) is 18.6. The summed E-state index contributed by atoms with van der Waals surface area (Å²) in [5, 5.41) is 0. The molecule has 0 aromatic heterocycles. The fraction of sp³-hybridized carbons (Fsp3) is 0.533. The van der Waals surface area contributed by atoms with Crippen LogP contribution < -0.4 is 4.90 Å². The van der Waals surface area contributed by atoms with Gasteiger partial charge in [-0.05, 0) is 60.2 Å². The number of benzene rings is 1. The number of rotatable bonds is 4. The number of allylic oxidation sites excluding steroid dienone is 2. The molecule has 1 aromatic rings. The predicted octanol–water partition coefficient (Wildman–Crippen LogP) is 7.52. The van der Waals surface area contributed by atoms with Gasteiger partial charge in [-0.3, -0.25) is 4.99 Å². The standard InChI is InChI=1S/C30H36F6N4/c1-21-9-14-37-13-5-6-22(26(38-21)30(34,35)36)19-40-20-28(10-15-39(16-11-28)17-12-29(31,32)33)24-18-23(27(2,3)4)7-8-25(24)40/h6-9,13-14,18H,1,5,10-12,15-17,19-20H2,2-4H3/b14-9-,22-6-,37-13?,38-26?. The number of piperidine rings is 1. The summed E-state index contributed by atoms with van der Waals surface area (Å²) in [5.41, 5.74) is 1.57. The molecule has 0 aliphatic carbocycles. The molecule has 1 fully saturated rings. The Morgan fingerprint density at radius 1 is 1.02 bits per heavy atom. The summed E-state index contributed by atoms with van der Waals surface area (Å²) in [6, 6.07) is 6.15. The fourth-order valence-corrected chi connectivity index (χ4v) is 5.68. The van der Waals surface area contributed by atoms with Gasteiger partial charge in [0.1, 0.15) is 5.71 Å². The first-order valence-electron chi connectivity index (χ1n) is 13.5. The normalized spacial score (nSPS) is 22.6. The van der Waals surface area contributed by atoms with Crippen LogP contribution in [0, 0.1) is 0 Å². The van der Waals surface area contributed by atoms with Crippen molar-refractivity contribution in [3.63, 3.8) is 0 Å². The Balaban J connectivity index is 1.68. The largest absolute Gasteiger partial charge is 0.433 e. The molecular formula is C30H36F6N4. The number of likely N-dealkylation sites (tertiary alicyclic amines) is 1. The lowest BCUT2D eigenvalue weighted by atomic mass is 9.72. The molecule has 0 N–H and O–H groups in total. The lowest BCUT2D eigenvalue weighted by molar-refractivity contribution is -0.138. The molecule has 1 spiro atoms. The van der Waals surface area contributed by atoms with Gasteiger partial charge in [-0.2, -0.15) is 26.3 Å². The van der Waals surface area contributed by atoms with Crippen molar-refractivity contribution in [1.29, 1.82) is 0 Å². The van der Waals surface area contributed by atoms with E-state index in [1.807, 2.05) is 21.9 Å². The highest BCUT2D eigenvalue weighted by molar-refractivity contribution is 6.06. The molecule has 218 valence electrons. The van der Waals surface area contributed by atoms with E-state index in [-0.39, 0.29) is 41.6 Å². The Morgan fingerprint density at radius 3 is 2.35 bits per heavy atom. The summed E-state index contributed by atoms with van der Waals surface area (Å²) in [6.45, 7) is 11.4. The van der Waals surface area contributed by atoms with Crippen LogP contribution in [0.1, 0.15) is 57.6 Å². The van der Waals surface area contributed by atoms with E-state index in [0.717, 1.165) is 16.8 Å². The highest BCUT2D eigenvalue weighted by atomic mass is 19.4. The smallest absolute Gasteiger partial charge is 0.366 e. The zero-order chi connectivity index (χ0) is 29.3. The van der Waals surface area contributed by atoms with Crippen LogP contribution in [0.25, 0.3) is 0 Å². The SMILES string of the molecule is C=C1/C=C\N=CC/C=C(/CN2CC3(CCN(CCC(F)(F)F)CC3)c3cc(C(C)(C)C)ccc32)C(C(F)(F)F)=N1. The molecule has 0 radical (unpaired) electrons. The molecule has 1 aromatic carbocycles. The van der Waals surface area contributed by atoms with Crippen LogP contribution in [0.2, 0.25) is 0 Å². The molecule has 3 aliphatic heterocycles. The maximum absolute atomic E-state index is 14.2. The first-order valence-corrected chi connectivity index (χ1v) is 13.5. The average molecular weight is 567 g/mol. The molecule has 0 atom stereocenters. The summed E-state index contributed by atoms with van der Waals surface area (Å²) >= 11 is 0. The van der Waals surface area contributed by atoms with Crippen molar-refractivity contribution in [2.75, 3.05) is 37.6 Å². The lowest BCUT2D eigenvalue weighted by Crippen LogP contribution is -2.46. The maximum atomic E-state index is 14.2. The Morgan fingerprint density at radius 2 is 1.73 bits per heavy atom. The van der Waals surface area contributed by atoms with Crippen molar-refractivity contribution in [2.45, 2.75) is 69.6 Å². The van der Waals surface area contributed by atoms with Crippen molar-refractivity contribution in [3.8, 4) is 0 Å². The van der Waals surface area contributed by atoms with Crippen molar-refractivity contribution < 1.29 is 26.3 Å². The van der Waals surface area contributed by atoms with Gasteiger partial charge in [0.05, 0.1) is 12.1 Å². The molecule has 3 heterocycles. The van der Waals surface area contributed by atoms with Gasteiger partial charge in [-0.15, -0.1) is 0 Å². The number of nitrogens with zero attached hydrogens (tertiary/aromatic N) is 4. The second-order valence-electron chi connectivity index (χ2n) is 11.9. The van der Waals surface area contributed by atoms with E-state index >= 15 is 0 Å². The van der Waals surface area contributed by atoms with Gasteiger partial charge in [0.15, 0.2) is 0 Å². The first kappa shape index (κ1) is 30.1. The minimum absolute atomic E-state index is 0.00935. The van der Waals surface area contributed by atoms with Crippen LogP contribution in [-0.4, -0.2) is 61.9 Å². The number of hydrogen-bond acceptors (Lipinski definition) is 4. The molecular weight excluding hydrogens is 530 g/mol. The Kier molecular flexibility index (Phi) is 8.41. The molecule has 0 amide bonds. The highest BCUT2D eigenvalue weighted by Gasteiger charge is 2.46. The van der Waals surface area contributed by atoms with Crippen LogP contribution in [0.5, 0.6) is 0 Å². The summed E-state index contributed by atoms with van der Waals surface area (Å²) < 4.78 is 81.2. The third kappa shape index (κ3) is 7.06. The van der Waals surface area contributed by atoms with E-state index in [0.29, 0.717) is 32.5 Å². The van der Waals surface area contributed by atoms with E-state index in [9.17, 15) is 26.3 Å². The maximum Gasteiger partial charge on any atom is 0.433 e. The minimum Gasteiger partial charge on any atom is -0.366 e. The van der Waals surface area contributed by atoms with Crippen LogP contribution >= 0.6 is 0 Å². The third-order valence-electron chi connectivity index (χ3n) is 7.91. The number of halogens is 6. The summed E-state index contributed by atoms with van der Waals surface area (Å²) in [4.78, 5) is 11.7. The third-order valence-corrected chi connectivity index (χ3v) is 7.91. The molecule has 10 heteroatoms. The van der Waals surface area contributed by atoms with Gasteiger partial charge in [-0.25, -0.2) is 4.99 Å². The lowest BCUT2D eigenvalue weighted by Gasteiger charge is -2.40. The molecule has 3 aliphatic rings. The van der Waals surface area contributed by atoms with Gasteiger partial charge in [0.25, 0.3) is 0 Å². The minimum atomic E-state index is -4.68. The van der Waals surface area contributed by atoms with Gasteiger partial charge in [0, 0.05) is 49.6 Å². The van der Waals surface area contributed by atoms with E-state index in [1.54, 1.807) is 0 Å². The van der Waals surface area contributed by atoms with Gasteiger partial charge < -0.3 is 9.80 Å². The van der Waals surface area contributed by atoms with Crippen LogP contribution in [-0.2, 0) is 10.8 Å². The Hall–Kier alpha value is -2.88. The number of hydrogen-bond donors (Lipinski definition) is 0. The van der Waals surface area contributed by atoms with Gasteiger partial charge >= 0.3 is 12.4 Å². The monoisotopic (exact) mass is 566 g/mol. The number of aliphatic imine (C=N–C) groups is 2. The van der Waals surface area contributed by atoms with Crippen molar-refractivity contribution in [3.05, 3.63) is 65.5 Å². The molecule has 40 heavy (non-hydrogen) atoms. The van der Waals surface area contributed by atoms with E-state index in [2.05, 4.69) is 43.4 Å². The molecule has 0 bridgehead atoms. The Labute approximate surface area is 231 Å². The second kappa shape index (κ2) is 11.2. The second-order valence-corrected chi connectivity index (χ2v) is 11.9. The summed E-state index contributed by atoms with van der Waals surface area (Å²) in [6.07, 6.45) is -2.51. The summed E-state index contributed by atoms with van der Waals surface area (Å²) in [7, 11) is 0. The quantitative estimate of drug-likeness (QED) is 0.353. The van der Waals surface area contributed by atoms with Crippen LogP contribution in [0.3, 0.4) is 0 Å².